The molecule has 0 spiro atoms. The van der Waals surface area contributed by atoms with E-state index in [4.69, 9.17) is 4.98 Å². The molecule has 0 radical (unpaired) electrons. The van der Waals surface area contributed by atoms with Crippen molar-refractivity contribution in [1.82, 2.24) is 19.9 Å². The van der Waals surface area contributed by atoms with Gasteiger partial charge in [0, 0.05) is 56.2 Å². The molecule has 27 heavy (non-hydrogen) atoms. The number of thiazole rings is 1. The lowest BCUT2D eigenvalue weighted by Crippen LogP contribution is -2.46. The Balaban J connectivity index is 1.31. The Kier molecular flexibility index (Phi) is 5.31. The number of benzene rings is 1. The fourth-order valence-electron chi connectivity index (χ4n) is 3.17. The summed E-state index contributed by atoms with van der Waals surface area (Å²) in [6.45, 7) is 9.03. The highest BCUT2D eigenvalue weighted by molar-refractivity contribution is 7.13. The predicted molar refractivity (Wildman–Crippen MR) is 111 cm³/mol. The molecule has 3 aromatic rings. The maximum absolute atomic E-state index is 4.76. The van der Waals surface area contributed by atoms with E-state index in [9.17, 15) is 0 Å². The molecular formula is C20H24N6S. The molecule has 1 aliphatic rings. The molecule has 0 bridgehead atoms. The van der Waals surface area contributed by atoms with Crippen molar-refractivity contribution in [2.45, 2.75) is 20.4 Å². The first-order chi connectivity index (χ1) is 13.2. The van der Waals surface area contributed by atoms with Crippen LogP contribution in [-0.4, -0.2) is 46.0 Å². The maximum Gasteiger partial charge on any atom is 0.225 e. The van der Waals surface area contributed by atoms with Crippen LogP contribution in [0.1, 0.15) is 16.8 Å². The van der Waals surface area contributed by atoms with Gasteiger partial charge in [-0.05, 0) is 43.2 Å². The molecule has 3 heterocycles. The van der Waals surface area contributed by atoms with E-state index in [2.05, 4.69) is 62.5 Å². The highest BCUT2D eigenvalue weighted by atomic mass is 32.1. The SMILES string of the molecule is Cc1ccc(Nc2nc(CN3CCN(c4ncccn4)CC3)cs2)cc1C. The molecule has 0 saturated carbocycles. The molecule has 1 fully saturated rings. The molecule has 0 unspecified atom stereocenters. The van der Waals surface area contributed by atoms with Crippen molar-refractivity contribution in [3.8, 4) is 0 Å². The zero-order valence-electron chi connectivity index (χ0n) is 15.7. The Morgan fingerprint density at radius 1 is 1.04 bits per heavy atom. The number of aromatic nitrogens is 3. The molecule has 140 valence electrons. The fraction of sp³-hybridized carbons (Fsp3) is 0.350. The van der Waals surface area contributed by atoms with Crippen LogP contribution in [0.5, 0.6) is 0 Å². The quantitative estimate of drug-likeness (QED) is 0.730. The van der Waals surface area contributed by atoms with Crippen molar-refractivity contribution < 1.29 is 0 Å². The van der Waals surface area contributed by atoms with Crippen molar-refractivity contribution >= 4 is 28.1 Å². The molecule has 0 amide bonds. The summed E-state index contributed by atoms with van der Waals surface area (Å²) >= 11 is 1.66. The fourth-order valence-corrected chi connectivity index (χ4v) is 3.89. The summed E-state index contributed by atoms with van der Waals surface area (Å²) in [6, 6.07) is 8.27. The molecule has 0 aliphatic carbocycles. The minimum atomic E-state index is 0.825. The normalized spacial score (nSPS) is 15.1. The lowest BCUT2D eigenvalue weighted by molar-refractivity contribution is 0.246. The minimum absolute atomic E-state index is 0.825. The monoisotopic (exact) mass is 380 g/mol. The third-order valence-electron chi connectivity index (χ3n) is 4.90. The lowest BCUT2D eigenvalue weighted by Gasteiger charge is -2.34. The van der Waals surface area contributed by atoms with E-state index in [0.717, 1.165) is 55.2 Å². The second-order valence-electron chi connectivity index (χ2n) is 6.88. The van der Waals surface area contributed by atoms with E-state index in [1.165, 1.54) is 11.1 Å². The summed E-state index contributed by atoms with van der Waals surface area (Å²) in [5, 5.41) is 6.52. The number of nitrogens with zero attached hydrogens (tertiary/aromatic N) is 5. The molecule has 1 aliphatic heterocycles. The molecule has 0 atom stereocenters. The van der Waals surface area contributed by atoms with E-state index in [1.807, 2.05) is 6.07 Å². The lowest BCUT2D eigenvalue weighted by atomic mass is 10.1. The van der Waals surface area contributed by atoms with Crippen LogP contribution in [0, 0.1) is 13.8 Å². The van der Waals surface area contributed by atoms with Crippen molar-refractivity contribution in [2.75, 3.05) is 36.4 Å². The van der Waals surface area contributed by atoms with E-state index < -0.39 is 0 Å². The number of aryl methyl sites for hydroxylation is 2. The second-order valence-corrected chi connectivity index (χ2v) is 7.74. The number of hydrogen-bond acceptors (Lipinski definition) is 7. The van der Waals surface area contributed by atoms with Crippen molar-refractivity contribution in [1.29, 1.82) is 0 Å². The Morgan fingerprint density at radius 2 is 1.81 bits per heavy atom. The largest absolute Gasteiger partial charge is 0.338 e. The standard InChI is InChI=1S/C20H24N6S/c1-15-4-5-17(12-16(15)2)23-20-24-18(14-27-20)13-25-8-10-26(11-9-25)19-21-6-3-7-22-19/h3-7,12,14H,8-11,13H2,1-2H3,(H,23,24). The van der Waals surface area contributed by atoms with E-state index in [1.54, 1.807) is 23.7 Å². The van der Waals surface area contributed by atoms with Gasteiger partial charge < -0.3 is 10.2 Å². The molecular weight excluding hydrogens is 356 g/mol. The molecule has 6 nitrogen and oxygen atoms in total. The first kappa shape index (κ1) is 17.9. The Hall–Kier alpha value is -2.51. The van der Waals surface area contributed by atoms with E-state index >= 15 is 0 Å². The summed E-state index contributed by atoms with van der Waals surface area (Å²) in [5.74, 6) is 0.825. The molecule has 2 aromatic heterocycles. The van der Waals surface area contributed by atoms with E-state index in [0.29, 0.717) is 0 Å². The summed E-state index contributed by atoms with van der Waals surface area (Å²) < 4.78 is 0. The summed E-state index contributed by atoms with van der Waals surface area (Å²) in [5.41, 5.74) is 4.81. The Labute approximate surface area is 163 Å². The number of nitrogens with one attached hydrogen (secondary N) is 1. The van der Waals surface area contributed by atoms with Gasteiger partial charge in [0.25, 0.3) is 0 Å². The van der Waals surface area contributed by atoms with Gasteiger partial charge in [0.05, 0.1) is 5.69 Å². The highest BCUT2D eigenvalue weighted by Gasteiger charge is 2.19. The van der Waals surface area contributed by atoms with Crippen molar-refractivity contribution in [2.24, 2.45) is 0 Å². The van der Waals surface area contributed by atoms with E-state index in [-0.39, 0.29) is 0 Å². The first-order valence-electron chi connectivity index (χ1n) is 9.20. The molecule has 1 saturated heterocycles. The van der Waals surface area contributed by atoms with Crippen LogP contribution in [0.3, 0.4) is 0 Å². The van der Waals surface area contributed by atoms with Crippen LogP contribution < -0.4 is 10.2 Å². The predicted octanol–water partition coefficient (Wildman–Crippen LogP) is 3.62. The number of rotatable bonds is 5. The Morgan fingerprint density at radius 3 is 2.56 bits per heavy atom. The number of anilines is 3. The summed E-state index contributed by atoms with van der Waals surface area (Å²) in [6.07, 6.45) is 3.60. The second kappa shape index (κ2) is 8.02. The van der Waals surface area contributed by atoms with Gasteiger partial charge in [-0.2, -0.15) is 0 Å². The van der Waals surface area contributed by atoms with Gasteiger partial charge in [-0.1, -0.05) is 6.07 Å². The minimum Gasteiger partial charge on any atom is -0.338 e. The van der Waals surface area contributed by atoms with Crippen molar-refractivity contribution in [3.05, 3.63) is 58.9 Å². The van der Waals surface area contributed by atoms with Crippen LogP contribution in [-0.2, 0) is 6.54 Å². The van der Waals surface area contributed by atoms with Gasteiger partial charge in [0.1, 0.15) is 0 Å². The van der Waals surface area contributed by atoms with Crippen molar-refractivity contribution in [3.63, 3.8) is 0 Å². The zero-order valence-corrected chi connectivity index (χ0v) is 16.5. The summed E-state index contributed by atoms with van der Waals surface area (Å²) in [7, 11) is 0. The van der Waals surface area contributed by atoms with Gasteiger partial charge in [-0.25, -0.2) is 15.0 Å². The van der Waals surface area contributed by atoms with Gasteiger partial charge in [-0.3, -0.25) is 4.90 Å². The van der Waals surface area contributed by atoms with Crippen LogP contribution in [0.4, 0.5) is 16.8 Å². The number of piperazine rings is 1. The van der Waals surface area contributed by atoms with Crippen LogP contribution in [0.15, 0.2) is 42.0 Å². The maximum atomic E-state index is 4.76. The average molecular weight is 381 g/mol. The van der Waals surface area contributed by atoms with Gasteiger partial charge >= 0.3 is 0 Å². The molecule has 4 rings (SSSR count). The smallest absolute Gasteiger partial charge is 0.225 e. The number of hydrogen-bond donors (Lipinski definition) is 1. The molecule has 1 N–H and O–H groups in total. The Bertz CT molecular complexity index is 886. The van der Waals surface area contributed by atoms with Gasteiger partial charge in [0.15, 0.2) is 5.13 Å². The van der Waals surface area contributed by atoms with Gasteiger partial charge in [0.2, 0.25) is 5.95 Å². The first-order valence-corrected chi connectivity index (χ1v) is 10.1. The zero-order chi connectivity index (χ0) is 18.6. The third kappa shape index (κ3) is 4.43. The molecule has 1 aromatic carbocycles. The average Bonchev–Trinajstić information content (AvgIpc) is 3.13. The molecule has 7 heteroatoms. The van der Waals surface area contributed by atoms with Gasteiger partial charge in [-0.15, -0.1) is 11.3 Å². The highest BCUT2D eigenvalue weighted by Crippen LogP contribution is 2.23. The van der Waals surface area contributed by atoms with Crippen LogP contribution in [0.25, 0.3) is 0 Å². The topological polar surface area (TPSA) is 57.2 Å². The van der Waals surface area contributed by atoms with Crippen LogP contribution in [0.2, 0.25) is 0 Å². The van der Waals surface area contributed by atoms with Crippen LogP contribution >= 0.6 is 11.3 Å². The summed E-state index contributed by atoms with van der Waals surface area (Å²) in [4.78, 5) is 18.1. The third-order valence-corrected chi connectivity index (χ3v) is 5.71.